The smallest absolute Gasteiger partial charge is 0.253 e. The van der Waals surface area contributed by atoms with Crippen LogP contribution in [0.25, 0.3) is 23.1 Å². The van der Waals surface area contributed by atoms with Crippen molar-refractivity contribution in [2.24, 2.45) is 0 Å². The van der Waals surface area contributed by atoms with Gasteiger partial charge in [-0.25, -0.2) is 0 Å². The zero-order valence-electron chi connectivity index (χ0n) is 16.9. The Hall–Kier alpha value is -3.45. The Balaban J connectivity index is 1.38. The maximum Gasteiger partial charge on any atom is 0.253 e. The molecule has 1 saturated heterocycles. The maximum atomic E-state index is 12.8. The minimum Gasteiger partial charge on any atom is -0.375 e. The van der Waals surface area contributed by atoms with Crippen molar-refractivity contribution in [3.05, 3.63) is 65.4 Å². The molecular formula is C23H24N4O3. The van der Waals surface area contributed by atoms with Crippen LogP contribution in [0.15, 0.2) is 48.5 Å². The number of rotatable bonds is 5. The Morgan fingerprint density at radius 1 is 1.00 bits per heavy atom. The molecule has 154 valence electrons. The monoisotopic (exact) mass is 404 g/mol. The van der Waals surface area contributed by atoms with Gasteiger partial charge in [-0.05, 0) is 29.8 Å². The average molecular weight is 404 g/mol. The second kappa shape index (κ2) is 8.92. The quantitative estimate of drug-likeness (QED) is 0.709. The van der Waals surface area contributed by atoms with Crippen LogP contribution >= 0.6 is 0 Å². The third-order valence-electron chi connectivity index (χ3n) is 5.28. The van der Waals surface area contributed by atoms with E-state index < -0.39 is 0 Å². The van der Waals surface area contributed by atoms with Crippen LogP contribution in [0, 0.1) is 0 Å². The molecule has 0 unspecified atom stereocenters. The second-order valence-corrected chi connectivity index (χ2v) is 7.22. The van der Waals surface area contributed by atoms with Crippen molar-refractivity contribution in [2.75, 3.05) is 39.9 Å². The molecule has 7 heteroatoms. The molecule has 1 aliphatic heterocycles. The molecule has 7 nitrogen and oxygen atoms in total. The summed E-state index contributed by atoms with van der Waals surface area (Å²) in [5.41, 5.74) is 3.52. The van der Waals surface area contributed by atoms with Crippen molar-refractivity contribution in [2.45, 2.75) is 0 Å². The van der Waals surface area contributed by atoms with Gasteiger partial charge in [0.25, 0.3) is 5.91 Å². The molecule has 1 fully saturated rings. The predicted molar refractivity (Wildman–Crippen MR) is 116 cm³/mol. The number of hydrogen-bond acceptors (Lipinski definition) is 4. The van der Waals surface area contributed by atoms with Gasteiger partial charge in [-0.3, -0.25) is 14.7 Å². The first kappa shape index (κ1) is 19.8. The minimum absolute atomic E-state index is 0.0114. The number of carbonyl (C=O) groups is 2. The normalized spacial score (nSPS) is 14.6. The molecule has 1 N–H and O–H groups in total. The van der Waals surface area contributed by atoms with E-state index >= 15 is 0 Å². The number of amides is 2. The molecule has 0 bridgehead atoms. The van der Waals surface area contributed by atoms with Crippen LogP contribution in [0.1, 0.15) is 21.6 Å². The number of ether oxygens (including phenoxy) is 1. The molecule has 2 aromatic carbocycles. The summed E-state index contributed by atoms with van der Waals surface area (Å²) in [4.78, 5) is 28.2. The van der Waals surface area contributed by atoms with E-state index in [2.05, 4.69) is 10.2 Å². The van der Waals surface area contributed by atoms with Crippen LogP contribution in [-0.2, 0) is 9.53 Å². The van der Waals surface area contributed by atoms with Gasteiger partial charge >= 0.3 is 0 Å². The molecule has 1 aromatic heterocycles. The van der Waals surface area contributed by atoms with E-state index in [4.69, 9.17) is 4.74 Å². The standard InChI is InChI=1S/C23H24N4O3/c1-30-16-22(28)26-12-14-27(15-13-26)23(29)18-9-6-17(7-10-18)8-11-21-19-4-2-3-5-20(19)24-25-21/h2-11H,12-16H2,1H3,(H,24,25)/b11-8+. The molecule has 0 spiro atoms. The molecule has 1 aliphatic rings. The Kier molecular flexibility index (Phi) is 5.90. The van der Waals surface area contributed by atoms with Crippen LogP contribution in [0.4, 0.5) is 0 Å². The number of fused-ring (bicyclic) bond motifs is 1. The van der Waals surface area contributed by atoms with Crippen LogP contribution < -0.4 is 0 Å². The summed E-state index contributed by atoms with van der Waals surface area (Å²) in [6.07, 6.45) is 3.95. The van der Waals surface area contributed by atoms with E-state index in [-0.39, 0.29) is 18.4 Å². The summed E-state index contributed by atoms with van der Waals surface area (Å²) >= 11 is 0. The van der Waals surface area contributed by atoms with Crippen molar-refractivity contribution in [1.82, 2.24) is 20.0 Å². The molecular weight excluding hydrogens is 380 g/mol. The average Bonchev–Trinajstić information content (AvgIpc) is 3.21. The molecule has 0 saturated carbocycles. The van der Waals surface area contributed by atoms with Crippen LogP contribution in [0.3, 0.4) is 0 Å². The Labute approximate surface area is 174 Å². The van der Waals surface area contributed by atoms with Crippen LogP contribution in [0.5, 0.6) is 0 Å². The van der Waals surface area contributed by atoms with Gasteiger partial charge in [-0.1, -0.05) is 36.4 Å². The Morgan fingerprint density at radius 2 is 1.70 bits per heavy atom. The van der Waals surface area contributed by atoms with Gasteiger partial charge in [-0.2, -0.15) is 5.10 Å². The fourth-order valence-corrected chi connectivity index (χ4v) is 3.58. The molecule has 0 atom stereocenters. The van der Waals surface area contributed by atoms with Gasteiger partial charge < -0.3 is 14.5 Å². The zero-order chi connectivity index (χ0) is 20.9. The lowest BCUT2D eigenvalue weighted by atomic mass is 10.1. The lowest BCUT2D eigenvalue weighted by Gasteiger charge is -2.34. The van der Waals surface area contributed by atoms with Crippen molar-refractivity contribution < 1.29 is 14.3 Å². The van der Waals surface area contributed by atoms with E-state index in [1.807, 2.05) is 60.7 Å². The van der Waals surface area contributed by atoms with E-state index in [0.29, 0.717) is 31.7 Å². The molecule has 30 heavy (non-hydrogen) atoms. The second-order valence-electron chi connectivity index (χ2n) is 7.22. The van der Waals surface area contributed by atoms with E-state index in [0.717, 1.165) is 22.2 Å². The van der Waals surface area contributed by atoms with Gasteiger partial charge in [0, 0.05) is 44.2 Å². The zero-order valence-corrected chi connectivity index (χ0v) is 16.9. The van der Waals surface area contributed by atoms with Crippen molar-refractivity contribution in [3.63, 3.8) is 0 Å². The minimum atomic E-state index is -0.0366. The number of benzene rings is 2. The Bertz CT molecular complexity index is 1060. The number of nitrogens with one attached hydrogen (secondary N) is 1. The molecule has 2 heterocycles. The number of methoxy groups -OCH3 is 1. The third-order valence-corrected chi connectivity index (χ3v) is 5.28. The predicted octanol–water partition coefficient (Wildman–Crippen LogP) is 2.66. The number of H-pyrrole nitrogens is 1. The molecule has 4 rings (SSSR count). The number of aromatic amines is 1. The number of piperazine rings is 1. The van der Waals surface area contributed by atoms with Gasteiger partial charge in [-0.15, -0.1) is 0 Å². The lowest BCUT2D eigenvalue weighted by Crippen LogP contribution is -2.51. The van der Waals surface area contributed by atoms with Crippen molar-refractivity contribution in [1.29, 1.82) is 0 Å². The molecule has 2 amide bonds. The van der Waals surface area contributed by atoms with Gasteiger partial charge in [0.2, 0.25) is 5.91 Å². The van der Waals surface area contributed by atoms with E-state index in [9.17, 15) is 9.59 Å². The number of nitrogens with zero attached hydrogens (tertiary/aromatic N) is 3. The molecule has 0 aliphatic carbocycles. The number of carbonyl (C=O) groups excluding carboxylic acids is 2. The van der Waals surface area contributed by atoms with E-state index in [1.165, 1.54) is 7.11 Å². The van der Waals surface area contributed by atoms with Crippen LogP contribution in [0.2, 0.25) is 0 Å². The van der Waals surface area contributed by atoms with Gasteiger partial charge in [0.05, 0.1) is 11.2 Å². The van der Waals surface area contributed by atoms with Crippen LogP contribution in [-0.4, -0.2) is 71.7 Å². The highest BCUT2D eigenvalue weighted by atomic mass is 16.5. The first-order chi connectivity index (χ1) is 14.7. The summed E-state index contributed by atoms with van der Waals surface area (Å²) in [5, 5.41) is 8.43. The summed E-state index contributed by atoms with van der Waals surface area (Å²) in [5.74, 6) is -0.0481. The molecule has 3 aromatic rings. The maximum absolute atomic E-state index is 12.8. The fourth-order valence-electron chi connectivity index (χ4n) is 3.58. The largest absolute Gasteiger partial charge is 0.375 e. The van der Waals surface area contributed by atoms with Crippen molar-refractivity contribution in [3.8, 4) is 0 Å². The third kappa shape index (κ3) is 4.26. The fraction of sp³-hybridized carbons (Fsp3) is 0.261. The number of para-hydroxylation sites is 1. The summed E-state index contributed by atoms with van der Waals surface area (Å²) in [7, 11) is 1.51. The van der Waals surface area contributed by atoms with Gasteiger partial charge in [0.15, 0.2) is 0 Å². The van der Waals surface area contributed by atoms with Gasteiger partial charge in [0.1, 0.15) is 6.61 Å². The van der Waals surface area contributed by atoms with Crippen molar-refractivity contribution >= 4 is 34.9 Å². The first-order valence-electron chi connectivity index (χ1n) is 9.93. The highest BCUT2D eigenvalue weighted by Gasteiger charge is 2.24. The first-order valence-corrected chi connectivity index (χ1v) is 9.93. The SMILES string of the molecule is COCC(=O)N1CCN(C(=O)c2ccc(/C=C/c3n[nH]c4ccccc34)cc2)CC1. The summed E-state index contributed by atoms with van der Waals surface area (Å²) in [6, 6.07) is 15.5. The summed E-state index contributed by atoms with van der Waals surface area (Å²) < 4.78 is 4.89. The summed E-state index contributed by atoms with van der Waals surface area (Å²) in [6.45, 7) is 2.21. The molecule has 0 radical (unpaired) electrons. The highest BCUT2D eigenvalue weighted by molar-refractivity contribution is 5.95. The topological polar surface area (TPSA) is 78.5 Å². The Morgan fingerprint density at radius 3 is 2.43 bits per heavy atom. The lowest BCUT2D eigenvalue weighted by molar-refractivity contribution is -0.136. The number of aromatic nitrogens is 2. The highest BCUT2D eigenvalue weighted by Crippen LogP contribution is 2.18. The van der Waals surface area contributed by atoms with E-state index in [1.54, 1.807) is 9.80 Å². The number of hydrogen-bond donors (Lipinski definition) is 1.